The first-order chi connectivity index (χ1) is 12.4. The molecule has 1 atom stereocenters. The van der Waals surface area contributed by atoms with Crippen molar-refractivity contribution >= 4 is 5.96 Å². The van der Waals surface area contributed by atoms with Gasteiger partial charge in [-0.05, 0) is 56.5 Å². The highest BCUT2D eigenvalue weighted by molar-refractivity contribution is 5.79. The van der Waals surface area contributed by atoms with Crippen molar-refractivity contribution in [3.63, 3.8) is 0 Å². The van der Waals surface area contributed by atoms with Gasteiger partial charge >= 0.3 is 6.18 Å². The van der Waals surface area contributed by atoms with Crippen molar-refractivity contribution in [3.8, 4) is 0 Å². The largest absolute Gasteiger partial charge is 0.416 e. The van der Waals surface area contributed by atoms with Crippen LogP contribution in [0.5, 0.6) is 0 Å². The summed E-state index contributed by atoms with van der Waals surface area (Å²) >= 11 is 0. The van der Waals surface area contributed by atoms with Gasteiger partial charge in [0, 0.05) is 19.6 Å². The topological polar surface area (TPSA) is 39.7 Å². The third-order valence-electron chi connectivity index (χ3n) is 4.63. The van der Waals surface area contributed by atoms with E-state index >= 15 is 0 Å². The van der Waals surface area contributed by atoms with Crippen molar-refractivity contribution in [3.05, 3.63) is 35.4 Å². The van der Waals surface area contributed by atoms with Gasteiger partial charge in [-0.2, -0.15) is 13.2 Å². The second-order valence-corrected chi connectivity index (χ2v) is 6.68. The van der Waals surface area contributed by atoms with Gasteiger partial charge in [-0.3, -0.25) is 0 Å². The Kier molecular flexibility index (Phi) is 7.75. The molecule has 1 fully saturated rings. The van der Waals surface area contributed by atoms with Crippen LogP contribution >= 0.6 is 0 Å². The van der Waals surface area contributed by atoms with Gasteiger partial charge in [-0.15, -0.1) is 0 Å². The lowest BCUT2D eigenvalue weighted by molar-refractivity contribution is -0.137. The fourth-order valence-electron chi connectivity index (χ4n) is 3.20. The summed E-state index contributed by atoms with van der Waals surface area (Å²) in [6.45, 7) is 9.21. The van der Waals surface area contributed by atoms with Gasteiger partial charge in [0.15, 0.2) is 5.96 Å². The molecule has 0 amide bonds. The molecule has 1 heterocycles. The van der Waals surface area contributed by atoms with Crippen LogP contribution in [0.3, 0.4) is 0 Å². The lowest BCUT2D eigenvalue weighted by atomic mass is 9.98. The van der Waals surface area contributed by atoms with E-state index in [0.29, 0.717) is 24.0 Å². The molecule has 0 bridgehead atoms. The number of hydrogen-bond donors (Lipinski definition) is 2. The summed E-state index contributed by atoms with van der Waals surface area (Å²) in [4.78, 5) is 6.89. The summed E-state index contributed by atoms with van der Waals surface area (Å²) in [7, 11) is 0. The Morgan fingerprint density at radius 1 is 1.27 bits per heavy atom. The van der Waals surface area contributed by atoms with E-state index in [1.807, 2.05) is 6.92 Å². The van der Waals surface area contributed by atoms with E-state index in [1.165, 1.54) is 18.9 Å². The Morgan fingerprint density at radius 2 is 2.08 bits per heavy atom. The van der Waals surface area contributed by atoms with Crippen LogP contribution < -0.4 is 10.6 Å². The van der Waals surface area contributed by atoms with Crippen molar-refractivity contribution in [1.29, 1.82) is 0 Å². The van der Waals surface area contributed by atoms with Gasteiger partial charge in [0.25, 0.3) is 0 Å². The maximum Gasteiger partial charge on any atom is 0.416 e. The van der Waals surface area contributed by atoms with Crippen LogP contribution in [0.1, 0.15) is 37.8 Å². The van der Waals surface area contributed by atoms with E-state index in [2.05, 4.69) is 27.4 Å². The van der Waals surface area contributed by atoms with E-state index < -0.39 is 11.7 Å². The predicted octanol–water partition coefficient (Wildman–Crippen LogP) is 3.49. The predicted molar refractivity (Wildman–Crippen MR) is 99.1 cm³/mol. The number of guanidine groups is 1. The Labute approximate surface area is 153 Å². The SMILES string of the molecule is CCNC(=NCc1cccc(C(F)(F)F)c1)NCC1CCCN(CC)C1. The van der Waals surface area contributed by atoms with Crippen molar-refractivity contribution in [2.24, 2.45) is 10.9 Å². The maximum atomic E-state index is 12.8. The highest BCUT2D eigenvalue weighted by Gasteiger charge is 2.30. The Morgan fingerprint density at radius 3 is 2.77 bits per heavy atom. The average molecular weight is 370 g/mol. The molecule has 2 N–H and O–H groups in total. The van der Waals surface area contributed by atoms with Gasteiger partial charge in [-0.1, -0.05) is 19.1 Å². The number of nitrogens with zero attached hydrogens (tertiary/aromatic N) is 2. The zero-order chi connectivity index (χ0) is 19.0. The zero-order valence-electron chi connectivity index (χ0n) is 15.6. The average Bonchev–Trinajstić information content (AvgIpc) is 2.63. The van der Waals surface area contributed by atoms with Gasteiger partial charge in [0.2, 0.25) is 0 Å². The molecule has 1 aromatic rings. The lowest BCUT2D eigenvalue weighted by Gasteiger charge is -2.32. The monoisotopic (exact) mass is 370 g/mol. The molecule has 0 aliphatic carbocycles. The van der Waals surface area contributed by atoms with Crippen LogP contribution in [0.15, 0.2) is 29.3 Å². The molecule has 0 radical (unpaired) electrons. The molecule has 1 unspecified atom stereocenters. The molecule has 7 heteroatoms. The summed E-state index contributed by atoms with van der Waals surface area (Å²) in [6.07, 6.45) is -1.93. The fourth-order valence-corrected chi connectivity index (χ4v) is 3.20. The number of aliphatic imine (C=N–C) groups is 1. The van der Waals surface area contributed by atoms with E-state index in [0.717, 1.165) is 38.3 Å². The number of halogens is 3. The molecule has 1 aromatic carbocycles. The van der Waals surface area contributed by atoms with Gasteiger partial charge in [0.1, 0.15) is 0 Å². The van der Waals surface area contributed by atoms with E-state index in [4.69, 9.17) is 0 Å². The van der Waals surface area contributed by atoms with Crippen LogP contribution in [-0.2, 0) is 12.7 Å². The minimum absolute atomic E-state index is 0.213. The second-order valence-electron chi connectivity index (χ2n) is 6.68. The van der Waals surface area contributed by atoms with Gasteiger partial charge in [0.05, 0.1) is 12.1 Å². The van der Waals surface area contributed by atoms with Crippen molar-refractivity contribution in [2.45, 2.75) is 39.4 Å². The number of benzene rings is 1. The Hall–Kier alpha value is -1.76. The highest BCUT2D eigenvalue weighted by atomic mass is 19.4. The van der Waals surface area contributed by atoms with Crippen molar-refractivity contribution < 1.29 is 13.2 Å². The van der Waals surface area contributed by atoms with Gasteiger partial charge in [-0.25, -0.2) is 4.99 Å². The summed E-state index contributed by atoms with van der Waals surface area (Å²) in [5, 5.41) is 6.51. The second kappa shape index (κ2) is 9.80. The van der Waals surface area contributed by atoms with Crippen molar-refractivity contribution in [1.82, 2.24) is 15.5 Å². The van der Waals surface area contributed by atoms with Gasteiger partial charge < -0.3 is 15.5 Å². The molecule has 4 nitrogen and oxygen atoms in total. The molecule has 1 saturated heterocycles. The zero-order valence-corrected chi connectivity index (χ0v) is 15.6. The van der Waals surface area contributed by atoms with Crippen LogP contribution in [-0.4, -0.2) is 43.6 Å². The Bertz CT molecular complexity index is 586. The lowest BCUT2D eigenvalue weighted by Crippen LogP contribution is -2.44. The van der Waals surface area contributed by atoms with Crippen molar-refractivity contribution in [2.75, 3.05) is 32.7 Å². The first-order valence-electron chi connectivity index (χ1n) is 9.33. The molecule has 1 aliphatic rings. The van der Waals surface area contributed by atoms with Crippen LogP contribution in [0, 0.1) is 5.92 Å². The molecule has 2 rings (SSSR count). The third-order valence-corrected chi connectivity index (χ3v) is 4.63. The number of nitrogens with one attached hydrogen (secondary N) is 2. The number of likely N-dealkylation sites (tertiary alicyclic amines) is 1. The smallest absolute Gasteiger partial charge is 0.357 e. The molecule has 0 aromatic heterocycles. The Balaban J connectivity index is 1.94. The normalized spacial score (nSPS) is 19.4. The van der Waals surface area contributed by atoms with E-state index in [-0.39, 0.29) is 6.54 Å². The summed E-state index contributed by atoms with van der Waals surface area (Å²) in [5.41, 5.74) is -0.0862. The molecule has 1 aliphatic heterocycles. The number of hydrogen-bond acceptors (Lipinski definition) is 2. The first-order valence-corrected chi connectivity index (χ1v) is 9.33. The quantitative estimate of drug-likeness (QED) is 0.595. The standard InChI is InChI=1S/C19H29F3N4/c1-3-23-18(25-13-16-8-6-10-26(4-2)14-16)24-12-15-7-5-9-17(11-15)19(20,21)22/h5,7,9,11,16H,3-4,6,8,10,12-14H2,1-2H3,(H2,23,24,25). The molecular weight excluding hydrogens is 341 g/mol. The van der Waals surface area contributed by atoms with Crippen LogP contribution in [0.25, 0.3) is 0 Å². The number of rotatable bonds is 6. The molecule has 0 saturated carbocycles. The molecule has 0 spiro atoms. The molecule has 26 heavy (non-hydrogen) atoms. The van der Waals surface area contributed by atoms with Crippen LogP contribution in [0.2, 0.25) is 0 Å². The van der Waals surface area contributed by atoms with Crippen LogP contribution in [0.4, 0.5) is 13.2 Å². The summed E-state index contributed by atoms with van der Waals surface area (Å²) in [5.74, 6) is 1.22. The fraction of sp³-hybridized carbons (Fsp3) is 0.632. The number of piperidine rings is 1. The maximum absolute atomic E-state index is 12.8. The number of alkyl halides is 3. The summed E-state index contributed by atoms with van der Waals surface area (Å²) in [6, 6.07) is 5.34. The first kappa shape index (κ1) is 20.6. The van der Waals surface area contributed by atoms with E-state index in [9.17, 15) is 13.2 Å². The third kappa shape index (κ3) is 6.52. The summed E-state index contributed by atoms with van der Waals surface area (Å²) < 4.78 is 38.4. The highest BCUT2D eigenvalue weighted by Crippen LogP contribution is 2.29. The molecule has 146 valence electrons. The minimum atomic E-state index is -4.32. The molecular formula is C19H29F3N4. The minimum Gasteiger partial charge on any atom is -0.357 e. The van der Waals surface area contributed by atoms with E-state index in [1.54, 1.807) is 6.07 Å².